The second-order valence-corrected chi connectivity index (χ2v) is 7.15. The van der Waals surface area contributed by atoms with Crippen LogP contribution in [0.4, 0.5) is 11.5 Å². The fraction of sp³-hybridized carbons (Fsp3) is 0.450. The number of amides is 1. The van der Waals surface area contributed by atoms with Gasteiger partial charge in [0.2, 0.25) is 5.91 Å². The monoisotopic (exact) mass is 353 g/mol. The maximum absolute atomic E-state index is 12.7. The Kier molecular flexibility index (Phi) is 5.40. The molecule has 0 radical (unpaired) electrons. The summed E-state index contributed by atoms with van der Waals surface area (Å²) in [6.07, 6.45) is 0.449. The van der Waals surface area contributed by atoms with Gasteiger partial charge in [-0.3, -0.25) is 4.79 Å². The van der Waals surface area contributed by atoms with Crippen molar-refractivity contribution < 1.29 is 4.79 Å². The van der Waals surface area contributed by atoms with Gasteiger partial charge in [-0.2, -0.15) is 5.10 Å². The third-order valence-electron chi connectivity index (χ3n) is 4.87. The maximum atomic E-state index is 12.7. The zero-order valence-electron chi connectivity index (χ0n) is 16.0. The van der Waals surface area contributed by atoms with Crippen LogP contribution in [0.15, 0.2) is 36.4 Å². The van der Waals surface area contributed by atoms with Gasteiger partial charge in [-0.25, -0.2) is 0 Å². The van der Waals surface area contributed by atoms with Crippen LogP contribution in [0, 0.1) is 6.92 Å². The van der Waals surface area contributed by atoms with Gasteiger partial charge in [0.05, 0.1) is 12.1 Å². The van der Waals surface area contributed by atoms with Crippen molar-refractivity contribution in [1.29, 1.82) is 0 Å². The summed E-state index contributed by atoms with van der Waals surface area (Å²) >= 11 is 0. The van der Waals surface area contributed by atoms with Gasteiger partial charge in [-0.05, 0) is 43.7 Å². The summed E-state index contributed by atoms with van der Waals surface area (Å²) in [6.45, 7) is 6.28. The van der Waals surface area contributed by atoms with E-state index in [2.05, 4.69) is 39.1 Å². The number of anilines is 2. The SMILES string of the molecule is Cc1ccc(N2CCN(C(=O)Cc3ccc(N(C)C)cc3)C[C@@H]2C)nn1. The third kappa shape index (κ3) is 4.12. The molecule has 1 aromatic carbocycles. The van der Waals surface area contributed by atoms with E-state index >= 15 is 0 Å². The van der Waals surface area contributed by atoms with Crippen LogP contribution < -0.4 is 9.80 Å². The summed E-state index contributed by atoms with van der Waals surface area (Å²) < 4.78 is 0. The first-order valence-corrected chi connectivity index (χ1v) is 9.05. The Morgan fingerprint density at radius 2 is 1.85 bits per heavy atom. The molecule has 2 aromatic rings. The molecule has 0 bridgehead atoms. The molecule has 1 atom stereocenters. The number of carbonyl (C=O) groups excluding carboxylic acids is 1. The highest BCUT2D eigenvalue weighted by Gasteiger charge is 2.27. The topological polar surface area (TPSA) is 52.6 Å². The van der Waals surface area contributed by atoms with E-state index in [-0.39, 0.29) is 11.9 Å². The van der Waals surface area contributed by atoms with Crippen molar-refractivity contribution in [2.24, 2.45) is 0 Å². The van der Waals surface area contributed by atoms with Crippen LogP contribution in [0.3, 0.4) is 0 Å². The van der Waals surface area contributed by atoms with Crippen molar-refractivity contribution in [2.45, 2.75) is 26.3 Å². The molecule has 26 heavy (non-hydrogen) atoms. The number of aromatic nitrogens is 2. The van der Waals surface area contributed by atoms with Crippen LogP contribution >= 0.6 is 0 Å². The predicted molar refractivity (Wildman–Crippen MR) is 105 cm³/mol. The van der Waals surface area contributed by atoms with Crippen LogP contribution in [0.5, 0.6) is 0 Å². The molecule has 1 amide bonds. The van der Waals surface area contributed by atoms with Gasteiger partial charge in [0.25, 0.3) is 0 Å². The molecule has 6 heteroatoms. The first kappa shape index (κ1) is 18.2. The lowest BCUT2D eigenvalue weighted by atomic mass is 10.1. The second-order valence-electron chi connectivity index (χ2n) is 7.15. The molecule has 0 N–H and O–H groups in total. The quantitative estimate of drug-likeness (QED) is 0.843. The molecule has 0 unspecified atom stereocenters. The van der Waals surface area contributed by atoms with E-state index in [0.717, 1.165) is 29.3 Å². The van der Waals surface area contributed by atoms with Gasteiger partial charge < -0.3 is 14.7 Å². The molecule has 1 saturated heterocycles. The smallest absolute Gasteiger partial charge is 0.227 e. The van der Waals surface area contributed by atoms with Crippen LogP contribution in [-0.4, -0.2) is 60.8 Å². The van der Waals surface area contributed by atoms with E-state index in [1.54, 1.807) is 0 Å². The summed E-state index contributed by atoms with van der Waals surface area (Å²) in [4.78, 5) is 18.9. The molecule has 1 fully saturated rings. The zero-order valence-corrected chi connectivity index (χ0v) is 16.0. The molecule has 0 saturated carbocycles. The lowest BCUT2D eigenvalue weighted by molar-refractivity contribution is -0.131. The summed E-state index contributed by atoms with van der Waals surface area (Å²) in [5, 5.41) is 8.42. The number of nitrogens with zero attached hydrogens (tertiary/aromatic N) is 5. The Morgan fingerprint density at radius 1 is 1.12 bits per heavy atom. The van der Waals surface area contributed by atoms with Crippen molar-refractivity contribution in [2.75, 3.05) is 43.5 Å². The Balaban J connectivity index is 1.59. The minimum atomic E-state index is 0.184. The van der Waals surface area contributed by atoms with Crippen molar-refractivity contribution >= 4 is 17.4 Å². The van der Waals surface area contributed by atoms with Gasteiger partial charge in [0.15, 0.2) is 5.82 Å². The molecule has 1 aliphatic rings. The lowest BCUT2D eigenvalue weighted by Gasteiger charge is -2.40. The maximum Gasteiger partial charge on any atom is 0.227 e. The Bertz CT molecular complexity index is 742. The fourth-order valence-electron chi connectivity index (χ4n) is 3.27. The highest BCUT2D eigenvalue weighted by molar-refractivity contribution is 5.79. The summed E-state index contributed by atoms with van der Waals surface area (Å²) in [5.41, 5.74) is 3.11. The Hall–Kier alpha value is -2.63. The van der Waals surface area contributed by atoms with Gasteiger partial charge in [-0.1, -0.05) is 12.1 Å². The molecular weight excluding hydrogens is 326 g/mol. The number of carbonyl (C=O) groups is 1. The third-order valence-corrected chi connectivity index (χ3v) is 4.87. The Morgan fingerprint density at radius 3 is 2.42 bits per heavy atom. The Labute approximate surface area is 155 Å². The van der Waals surface area contributed by atoms with Crippen molar-refractivity contribution in [1.82, 2.24) is 15.1 Å². The minimum Gasteiger partial charge on any atom is -0.378 e. The van der Waals surface area contributed by atoms with Crippen LogP contribution in [0.1, 0.15) is 18.2 Å². The normalized spacial score (nSPS) is 17.3. The average molecular weight is 353 g/mol. The number of hydrogen-bond acceptors (Lipinski definition) is 5. The molecular formula is C20H27N5O. The van der Waals surface area contributed by atoms with E-state index in [0.29, 0.717) is 19.5 Å². The highest BCUT2D eigenvalue weighted by atomic mass is 16.2. The first-order chi connectivity index (χ1) is 12.4. The van der Waals surface area contributed by atoms with Gasteiger partial charge >= 0.3 is 0 Å². The number of benzene rings is 1. The van der Waals surface area contributed by atoms with Crippen LogP contribution in [0.2, 0.25) is 0 Å². The molecule has 6 nitrogen and oxygen atoms in total. The summed E-state index contributed by atoms with van der Waals surface area (Å²) in [7, 11) is 4.03. The fourth-order valence-corrected chi connectivity index (χ4v) is 3.27. The van der Waals surface area contributed by atoms with Crippen LogP contribution in [-0.2, 0) is 11.2 Å². The predicted octanol–water partition coefficient (Wildman–Crippen LogP) is 2.13. The van der Waals surface area contributed by atoms with E-state index in [9.17, 15) is 4.79 Å². The summed E-state index contributed by atoms with van der Waals surface area (Å²) in [5.74, 6) is 1.07. The van der Waals surface area contributed by atoms with Gasteiger partial charge in [0, 0.05) is 45.5 Å². The van der Waals surface area contributed by atoms with Crippen molar-refractivity contribution in [3.8, 4) is 0 Å². The first-order valence-electron chi connectivity index (χ1n) is 9.05. The van der Waals surface area contributed by atoms with Gasteiger partial charge in [0.1, 0.15) is 0 Å². The largest absolute Gasteiger partial charge is 0.378 e. The van der Waals surface area contributed by atoms with E-state index < -0.39 is 0 Å². The lowest BCUT2D eigenvalue weighted by Crippen LogP contribution is -2.54. The zero-order chi connectivity index (χ0) is 18.7. The number of hydrogen-bond donors (Lipinski definition) is 0. The van der Waals surface area contributed by atoms with E-state index in [4.69, 9.17) is 0 Å². The molecule has 2 heterocycles. The number of piperazine rings is 1. The molecule has 1 aromatic heterocycles. The molecule has 0 spiro atoms. The molecule has 1 aliphatic heterocycles. The average Bonchev–Trinajstić information content (AvgIpc) is 2.63. The standard InChI is InChI=1S/C20H27N5O/c1-15-5-10-19(22-21-15)25-12-11-24(14-16(25)2)20(26)13-17-6-8-18(9-7-17)23(3)4/h5-10,16H,11-14H2,1-4H3/t16-/m0/s1. The highest BCUT2D eigenvalue weighted by Crippen LogP contribution is 2.19. The van der Waals surface area contributed by atoms with E-state index in [1.807, 2.05) is 50.2 Å². The molecule has 0 aliphatic carbocycles. The minimum absolute atomic E-state index is 0.184. The summed E-state index contributed by atoms with van der Waals surface area (Å²) in [6, 6.07) is 12.4. The van der Waals surface area contributed by atoms with Crippen molar-refractivity contribution in [3.05, 3.63) is 47.7 Å². The van der Waals surface area contributed by atoms with Gasteiger partial charge in [-0.15, -0.1) is 5.10 Å². The number of aryl methyl sites for hydroxylation is 1. The number of rotatable bonds is 4. The van der Waals surface area contributed by atoms with Crippen molar-refractivity contribution in [3.63, 3.8) is 0 Å². The second kappa shape index (κ2) is 7.72. The molecule has 3 rings (SSSR count). The van der Waals surface area contributed by atoms with Crippen LogP contribution in [0.25, 0.3) is 0 Å². The molecule has 138 valence electrons. The van der Waals surface area contributed by atoms with E-state index in [1.165, 1.54) is 0 Å².